The van der Waals surface area contributed by atoms with Gasteiger partial charge in [0.05, 0.1) is 24.4 Å². The highest BCUT2D eigenvalue weighted by molar-refractivity contribution is 5.90. The molecule has 37 heavy (non-hydrogen) atoms. The highest BCUT2D eigenvalue weighted by Crippen LogP contribution is 2.44. The monoisotopic (exact) mass is 499 g/mol. The Morgan fingerprint density at radius 2 is 1.73 bits per heavy atom. The van der Waals surface area contributed by atoms with Crippen molar-refractivity contribution in [2.45, 2.75) is 63.7 Å². The standard InChI is InChI=1S/C32H37NO4/c1-21-15-26(11-12-28(21)31(35)36)30-10-6-5-9-29(30)22(2)37-20-27(34)19-33-32(13-14-32)18-23-16-24-7-3-4-8-25(24)17-23/h3-12,15,22-23,27,33-34H,13-14,16-20H2,1-2H3,(H,35,36)/t22-,27-/m1/s1. The fourth-order valence-corrected chi connectivity index (χ4v) is 5.87. The molecule has 0 amide bonds. The summed E-state index contributed by atoms with van der Waals surface area (Å²) in [6.45, 7) is 4.60. The minimum Gasteiger partial charge on any atom is -0.478 e. The average molecular weight is 500 g/mol. The molecule has 5 rings (SSSR count). The molecule has 0 saturated heterocycles. The largest absolute Gasteiger partial charge is 0.478 e. The number of hydrogen-bond donors (Lipinski definition) is 3. The van der Waals surface area contributed by atoms with Crippen molar-refractivity contribution in [3.8, 4) is 11.1 Å². The smallest absolute Gasteiger partial charge is 0.335 e. The molecule has 2 atom stereocenters. The first kappa shape index (κ1) is 25.7. The molecule has 2 aliphatic rings. The van der Waals surface area contributed by atoms with Crippen molar-refractivity contribution in [3.63, 3.8) is 0 Å². The molecular formula is C32H37NO4. The number of benzene rings is 3. The Kier molecular flexibility index (Phi) is 7.47. The summed E-state index contributed by atoms with van der Waals surface area (Å²) in [6.07, 6.45) is 5.07. The van der Waals surface area contributed by atoms with Crippen LogP contribution in [0, 0.1) is 12.8 Å². The van der Waals surface area contributed by atoms with Gasteiger partial charge < -0.3 is 20.3 Å². The van der Waals surface area contributed by atoms with Crippen molar-refractivity contribution >= 4 is 5.97 Å². The SMILES string of the molecule is Cc1cc(-c2ccccc2[C@@H](C)OC[C@H](O)CNC2(CC3Cc4ccccc4C3)CC2)ccc1C(=O)O. The number of carbonyl (C=O) groups is 1. The quantitative estimate of drug-likeness (QED) is 0.314. The van der Waals surface area contributed by atoms with Gasteiger partial charge in [-0.15, -0.1) is 0 Å². The van der Waals surface area contributed by atoms with Gasteiger partial charge in [-0.1, -0.05) is 60.7 Å². The summed E-state index contributed by atoms with van der Waals surface area (Å²) < 4.78 is 6.12. The van der Waals surface area contributed by atoms with Gasteiger partial charge in [-0.2, -0.15) is 0 Å². The number of hydrogen-bond acceptors (Lipinski definition) is 4. The first-order valence-electron chi connectivity index (χ1n) is 13.4. The molecule has 194 valence electrons. The average Bonchev–Trinajstić information content (AvgIpc) is 3.53. The van der Waals surface area contributed by atoms with Gasteiger partial charge in [0.2, 0.25) is 0 Å². The summed E-state index contributed by atoms with van der Waals surface area (Å²) in [5.41, 5.74) is 7.20. The van der Waals surface area contributed by atoms with Gasteiger partial charge in [0, 0.05) is 12.1 Å². The lowest BCUT2D eigenvalue weighted by Crippen LogP contribution is -2.40. The highest BCUT2D eigenvalue weighted by Gasteiger charge is 2.44. The zero-order chi connectivity index (χ0) is 26.0. The van der Waals surface area contributed by atoms with E-state index in [9.17, 15) is 15.0 Å². The molecule has 1 saturated carbocycles. The van der Waals surface area contributed by atoms with E-state index in [-0.39, 0.29) is 18.2 Å². The molecular weight excluding hydrogens is 462 g/mol. The molecule has 1 fully saturated rings. The van der Waals surface area contributed by atoms with Gasteiger partial charge in [0.1, 0.15) is 0 Å². The summed E-state index contributed by atoms with van der Waals surface area (Å²) in [6, 6.07) is 22.2. The van der Waals surface area contributed by atoms with Crippen molar-refractivity contribution in [1.82, 2.24) is 5.32 Å². The number of fused-ring (bicyclic) bond motifs is 1. The normalized spacial score (nSPS) is 17.8. The molecule has 0 heterocycles. The van der Waals surface area contributed by atoms with E-state index in [2.05, 4.69) is 29.6 Å². The molecule has 0 unspecified atom stereocenters. The summed E-state index contributed by atoms with van der Waals surface area (Å²) in [7, 11) is 0. The van der Waals surface area contributed by atoms with E-state index in [1.54, 1.807) is 6.07 Å². The molecule has 2 aliphatic carbocycles. The van der Waals surface area contributed by atoms with Crippen molar-refractivity contribution in [2.24, 2.45) is 5.92 Å². The molecule has 5 heteroatoms. The molecule has 0 aromatic heterocycles. The van der Waals surface area contributed by atoms with Crippen LogP contribution in [0.3, 0.4) is 0 Å². The van der Waals surface area contributed by atoms with Gasteiger partial charge in [0.25, 0.3) is 0 Å². The number of β-amino-alcohol motifs (C(OH)–C–C–N with tert-alkyl or cyclic N) is 1. The van der Waals surface area contributed by atoms with Crippen LogP contribution in [0.4, 0.5) is 0 Å². The summed E-state index contributed by atoms with van der Waals surface area (Å²) >= 11 is 0. The number of aliphatic hydroxyl groups excluding tert-OH is 1. The topological polar surface area (TPSA) is 78.8 Å². The number of aryl methyl sites for hydroxylation is 1. The van der Waals surface area contributed by atoms with Crippen LogP contribution in [0.25, 0.3) is 11.1 Å². The van der Waals surface area contributed by atoms with Crippen LogP contribution in [0.15, 0.2) is 66.7 Å². The van der Waals surface area contributed by atoms with Crippen LogP contribution in [0.2, 0.25) is 0 Å². The predicted molar refractivity (Wildman–Crippen MR) is 146 cm³/mol. The maximum absolute atomic E-state index is 11.4. The van der Waals surface area contributed by atoms with Crippen molar-refractivity contribution < 1.29 is 19.7 Å². The fraction of sp³-hybridized carbons (Fsp3) is 0.406. The van der Waals surface area contributed by atoms with Gasteiger partial charge in [-0.3, -0.25) is 0 Å². The van der Waals surface area contributed by atoms with Crippen LogP contribution in [-0.2, 0) is 17.6 Å². The van der Waals surface area contributed by atoms with Gasteiger partial charge in [-0.25, -0.2) is 4.79 Å². The van der Waals surface area contributed by atoms with E-state index in [1.807, 2.05) is 50.2 Å². The Bertz CT molecular complexity index is 1240. The third kappa shape index (κ3) is 5.96. The Morgan fingerprint density at radius 3 is 2.38 bits per heavy atom. The van der Waals surface area contributed by atoms with E-state index in [4.69, 9.17) is 4.74 Å². The lowest BCUT2D eigenvalue weighted by Gasteiger charge is -2.24. The molecule has 3 aromatic carbocycles. The second kappa shape index (κ2) is 10.8. The number of ether oxygens (including phenoxy) is 1. The molecule has 0 radical (unpaired) electrons. The highest BCUT2D eigenvalue weighted by atomic mass is 16.5. The lowest BCUT2D eigenvalue weighted by molar-refractivity contribution is -0.00329. The molecule has 5 nitrogen and oxygen atoms in total. The zero-order valence-corrected chi connectivity index (χ0v) is 21.7. The van der Waals surface area contributed by atoms with Gasteiger partial charge in [0.15, 0.2) is 0 Å². The lowest BCUT2D eigenvalue weighted by atomic mass is 9.94. The fourth-order valence-electron chi connectivity index (χ4n) is 5.87. The van der Waals surface area contributed by atoms with E-state index in [0.29, 0.717) is 18.0 Å². The molecule has 3 N–H and O–H groups in total. The van der Waals surface area contributed by atoms with Crippen LogP contribution < -0.4 is 5.32 Å². The van der Waals surface area contributed by atoms with Crippen LogP contribution in [0.1, 0.15) is 64.9 Å². The maximum atomic E-state index is 11.4. The Labute approximate surface area is 219 Å². The van der Waals surface area contributed by atoms with Crippen LogP contribution in [-0.4, -0.2) is 41.0 Å². The number of aliphatic hydroxyl groups is 1. The van der Waals surface area contributed by atoms with Crippen molar-refractivity contribution in [3.05, 3.63) is 94.5 Å². The van der Waals surface area contributed by atoms with Gasteiger partial charge >= 0.3 is 5.97 Å². The Balaban J connectivity index is 1.14. The van der Waals surface area contributed by atoms with E-state index in [1.165, 1.54) is 43.2 Å². The Morgan fingerprint density at radius 1 is 1.05 bits per heavy atom. The molecule has 0 spiro atoms. The minimum atomic E-state index is -0.919. The molecule has 0 aliphatic heterocycles. The van der Waals surface area contributed by atoms with E-state index >= 15 is 0 Å². The first-order chi connectivity index (χ1) is 17.8. The second-order valence-corrected chi connectivity index (χ2v) is 11.0. The second-order valence-electron chi connectivity index (χ2n) is 11.0. The third-order valence-electron chi connectivity index (χ3n) is 8.09. The predicted octanol–water partition coefficient (Wildman–Crippen LogP) is 5.73. The van der Waals surface area contributed by atoms with Crippen molar-refractivity contribution in [1.29, 1.82) is 0 Å². The number of carboxylic acid groups (broad SMARTS) is 1. The summed E-state index contributed by atoms with van der Waals surface area (Å²) in [5, 5.41) is 23.7. The molecule has 3 aromatic rings. The van der Waals surface area contributed by atoms with E-state index in [0.717, 1.165) is 22.3 Å². The minimum absolute atomic E-state index is 0.172. The third-order valence-corrected chi connectivity index (χ3v) is 8.09. The zero-order valence-electron chi connectivity index (χ0n) is 21.7. The summed E-state index contributed by atoms with van der Waals surface area (Å²) in [4.78, 5) is 11.4. The number of aromatic carboxylic acids is 1. The number of rotatable bonds is 11. The maximum Gasteiger partial charge on any atom is 0.335 e. The van der Waals surface area contributed by atoms with Crippen LogP contribution in [0.5, 0.6) is 0 Å². The summed E-state index contributed by atoms with van der Waals surface area (Å²) in [5.74, 6) is -0.233. The van der Waals surface area contributed by atoms with Crippen molar-refractivity contribution in [2.75, 3.05) is 13.2 Å². The number of nitrogens with one attached hydrogen (secondary N) is 1. The van der Waals surface area contributed by atoms with Crippen LogP contribution >= 0.6 is 0 Å². The Hall–Kier alpha value is -2.99. The van der Waals surface area contributed by atoms with E-state index < -0.39 is 12.1 Å². The number of carboxylic acids is 1. The molecule has 0 bridgehead atoms. The van der Waals surface area contributed by atoms with Gasteiger partial charge in [-0.05, 0) is 91.3 Å². The first-order valence-corrected chi connectivity index (χ1v) is 13.4.